The lowest BCUT2D eigenvalue weighted by Gasteiger charge is -2.17. The van der Waals surface area contributed by atoms with Crippen molar-refractivity contribution in [2.24, 2.45) is 0 Å². The Labute approximate surface area is 126 Å². The summed E-state index contributed by atoms with van der Waals surface area (Å²) >= 11 is 4.26. The Hall–Kier alpha value is -1.26. The van der Waals surface area contributed by atoms with Crippen LogP contribution in [0.1, 0.15) is 32.8 Å². The molecule has 0 aliphatic heterocycles. The van der Waals surface area contributed by atoms with Crippen molar-refractivity contribution in [2.45, 2.75) is 38.7 Å². The van der Waals surface area contributed by atoms with Crippen LogP contribution in [-0.2, 0) is 4.79 Å². The van der Waals surface area contributed by atoms with Gasteiger partial charge in [-0.3, -0.25) is 4.79 Å². The number of carbonyl (C=O) groups is 1. The van der Waals surface area contributed by atoms with E-state index in [-0.39, 0.29) is 17.3 Å². The summed E-state index contributed by atoms with van der Waals surface area (Å²) in [5, 5.41) is 3.36. The van der Waals surface area contributed by atoms with E-state index in [2.05, 4.69) is 17.9 Å². The van der Waals surface area contributed by atoms with Gasteiger partial charge in [-0.15, -0.1) is 0 Å². The van der Waals surface area contributed by atoms with E-state index in [1.807, 2.05) is 51.1 Å². The van der Waals surface area contributed by atoms with Gasteiger partial charge in [0.25, 0.3) is 0 Å². The summed E-state index contributed by atoms with van der Waals surface area (Å²) < 4.78 is 5.82. The predicted octanol–water partition coefficient (Wildman–Crippen LogP) is 3.31. The van der Waals surface area contributed by atoms with E-state index < -0.39 is 0 Å². The van der Waals surface area contributed by atoms with Crippen molar-refractivity contribution in [1.82, 2.24) is 5.32 Å². The van der Waals surface area contributed by atoms with Crippen molar-refractivity contribution >= 4 is 24.5 Å². The fraction of sp³-hybridized carbons (Fsp3) is 0.438. The lowest BCUT2D eigenvalue weighted by atomic mass is 10.1. The molecule has 1 N–H and O–H groups in total. The number of benzene rings is 1. The van der Waals surface area contributed by atoms with Crippen molar-refractivity contribution in [3.63, 3.8) is 0 Å². The van der Waals surface area contributed by atoms with Crippen LogP contribution in [0.2, 0.25) is 0 Å². The normalized spacial score (nSPS) is 14.2. The Morgan fingerprint density at radius 1 is 1.45 bits per heavy atom. The number of rotatable bonds is 8. The van der Waals surface area contributed by atoms with Crippen molar-refractivity contribution in [3.8, 4) is 5.75 Å². The smallest absolute Gasteiger partial charge is 0.155 e. The standard InChI is InChI=1S/C16H23NO2S/c1-4-15(18)9-8-14-6-5-7-16(10-14)19-12(2)11-17-13(3)20/h5-10,12-13,17,20H,4,11H2,1-3H3/b9-8+/t12-,13?/m1/s1. The van der Waals surface area contributed by atoms with Gasteiger partial charge in [0.05, 0.1) is 0 Å². The molecule has 20 heavy (non-hydrogen) atoms. The molecule has 2 atom stereocenters. The van der Waals surface area contributed by atoms with Gasteiger partial charge in [0, 0.05) is 18.3 Å². The van der Waals surface area contributed by atoms with Crippen LogP contribution in [0.15, 0.2) is 30.3 Å². The molecule has 4 heteroatoms. The summed E-state index contributed by atoms with van der Waals surface area (Å²) in [7, 11) is 0. The third kappa shape index (κ3) is 6.78. The number of nitrogens with one attached hydrogen (secondary N) is 1. The Bertz CT molecular complexity index is 458. The molecule has 0 aliphatic carbocycles. The minimum atomic E-state index is 0.0566. The van der Waals surface area contributed by atoms with Crippen LogP contribution in [0.4, 0.5) is 0 Å². The van der Waals surface area contributed by atoms with E-state index in [9.17, 15) is 4.79 Å². The maximum Gasteiger partial charge on any atom is 0.155 e. The molecular weight excluding hydrogens is 270 g/mol. The summed E-state index contributed by atoms with van der Waals surface area (Å²) in [4.78, 5) is 11.3. The number of ketones is 1. The van der Waals surface area contributed by atoms with Gasteiger partial charge in [0.1, 0.15) is 11.9 Å². The molecule has 3 nitrogen and oxygen atoms in total. The van der Waals surface area contributed by atoms with Gasteiger partial charge in [-0.05, 0) is 37.6 Å². The highest BCUT2D eigenvalue weighted by Gasteiger charge is 2.05. The number of allylic oxidation sites excluding steroid dienone is 1. The first-order chi connectivity index (χ1) is 9.51. The maximum atomic E-state index is 11.3. The van der Waals surface area contributed by atoms with Crippen LogP contribution >= 0.6 is 12.6 Å². The molecule has 1 aromatic rings. The highest BCUT2D eigenvalue weighted by molar-refractivity contribution is 7.80. The Balaban J connectivity index is 2.59. The Kier molecular flexibility index (Phi) is 7.41. The molecule has 0 heterocycles. The predicted molar refractivity (Wildman–Crippen MR) is 87.3 cm³/mol. The highest BCUT2D eigenvalue weighted by Crippen LogP contribution is 2.16. The first-order valence-corrected chi connectivity index (χ1v) is 7.42. The van der Waals surface area contributed by atoms with Crippen LogP contribution in [-0.4, -0.2) is 23.8 Å². The zero-order valence-corrected chi connectivity index (χ0v) is 13.2. The highest BCUT2D eigenvalue weighted by atomic mass is 32.1. The zero-order chi connectivity index (χ0) is 15.0. The second kappa shape index (κ2) is 8.82. The average molecular weight is 293 g/mol. The fourth-order valence-electron chi connectivity index (χ4n) is 1.61. The Morgan fingerprint density at radius 3 is 2.85 bits per heavy atom. The molecule has 0 spiro atoms. The molecule has 0 bridgehead atoms. The van der Waals surface area contributed by atoms with E-state index in [1.165, 1.54) is 0 Å². The van der Waals surface area contributed by atoms with Gasteiger partial charge in [-0.1, -0.05) is 25.1 Å². The quantitative estimate of drug-likeness (QED) is 0.439. The molecule has 0 saturated carbocycles. The largest absolute Gasteiger partial charge is 0.489 e. The van der Waals surface area contributed by atoms with Crippen LogP contribution in [0.3, 0.4) is 0 Å². The lowest BCUT2D eigenvalue weighted by molar-refractivity contribution is -0.114. The number of hydrogen-bond donors (Lipinski definition) is 2. The summed E-state index contributed by atoms with van der Waals surface area (Å²) in [6, 6.07) is 7.72. The molecule has 0 aliphatic rings. The number of hydrogen-bond acceptors (Lipinski definition) is 4. The molecule has 0 fully saturated rings. The third-order valence-electron chi connectivity index (χ3n) is 2.71. The minimum absolute atomic E-state index is 0.0566. The van der Waals surface area contributed by atoms with E-state index in [1.54, 1.807) is 6.08 Å². The molecule has 0 aromatic heterocycles. The van der Waals surface area contributed by atoms with Gasteiger partial charge in [-0.25, -0.2) is 0 Å². The molecule has 0 amide bonds. The monoisotopic (exact) mass is 293 g/mol. The Morgan fingerprint density at radius 2 is 2.20 bits per heavy atom. The number of ether oxygens (including phenoxy) is 1. The van der Waals surface area contributed by atoms with Crippen LogP contribution in [0.25, 0.3) is 6.08 Å². The topological polar surface area (TPSA) is 38.3 Å². The van der Waals surface area contributed by atoms with Gasteiger partial charge < -0.3 is 10.1 Å². The molecule has 1 aromatic carbocycles. The van der Waals surface area contributed by atoms with E-state index in [0.717, 1.165) is 17.9 Å². The summed E-state index contributed by atoms with van der Waals surface area (Å²) in [5.41, 5.74) is 0.965. The average Bonchev–Trinajstić information content (AvgIpc) is 2.43. The minimum Gasteiger partial charge on any atom is -0.489 e. The molecule has 1 rings (SSSR count). The second-order valence-electron chi connectivity index (χ2n) is 4.74. The third-order valence-corrected chi connectivity index (χ3v) is 2.89. The van der Waals surface area contributed by atoms with Crippen LogP contribution in [0.5, 0.6) is 5.75 Å². The van der Waals surface area contributed by atoms with Gasteiger partial charge in [-0.2, -0.15) is 12.6 Å². The van der Waals surface area contributed by atoms with Crippen molar-refractivity contribution < 1.29 is 9.53 Å². The van der Waals surface area contributed by atoms with Crippen molar-refractivity contribution in [2.75, 3.05) is 6.54 Å². The fourth-order valence-corrected chi connectivity index (χ4v) is 1.71. The van der Waals surface area contributed by atoms with E-state index in [4.69, 9.17) is 4.74 Å². The van der Waals surface area contributed by atoms with Crippen molar-refractivity contribution in [1.29, 1.82) is 0 Å². The molecule has 110 valence electrons. The van der Waals surface area contributed by atoms with E-state index in [0.29, 0.717) is 6.42 Å². The summed E-state index contributed by atoms with van der Waals surface area (Å²) in [5.74, 6) is 0.925. The second-order valence-corrected chi connectivity index (χ2v) is 5.51. The molecular formula is C16H23NO2S. The van der Waals surface area contributed by atoms with E-state index >= 15 is 0 Å². The van der Waals surface area contributed by atoms with Crippen LogP contribution < -0.4 is 10.1 Å². The molecule has 0 radical (unpaired) electrons. The SMILES string of the molecule is CCC(=O)/C=C/c1cccc(O[C@H](C)CNC(C)S)c1. The van der Waals surface area contributed by atoms with Gasteiger partial charge >= 0.3 is 0 Å². The first-order valence-electron chi connectivity index (χ1n) is 6.90. The lowest BCUT2D eigenvalue weighted by Crippen LogP contribution is -2.32. The zero-order valence-electron chi connectivity index (χ0n) is 12.3. The number of carbonyl (C=O) groups excluding carboxylic acids is 1. The summed E-state index contributed by atoms with van der Waals surface area (Å²) in [6.07, 6.45) is 4.00. The molecule has 0 saturated heterocycles. The van der Waals surface area contributed by atoms with Gasteiger partial charge in [0.15, 0.2) is 5.78 Å². The van der Waals surface area contributed by atoms with Gasteiger partial charge in [0.2, 0.25) is 0 Å². The van der Waals surface area contributed by atoms with Crippen LogP contribution in [0, 0.1) is 0 Å². The first kappa shape index (κ1) is 16.8. The molecule has 1 unspecified atom stereocenters. The summed E-state index contributed by atoms with van der Waals surface area (Å²) in [6.45, 7) is 6.57. The maximum absolute atomic E-state index is 11.3. The number of thiol groups is 1. The van der Waals surface area contributed by atoms with Crippen molar-refractivity contribution in [3.05, 3.63) is 35.9 Å².